The van der Waals surface area contributed by atoms with Crippen LogP contribution in [0.4, 0.5) is 0 Å². The largest absolute Gasteiger partial charge is 0.315 e. The van der Waals surface area contributed by atoms with Gasteiger partial charge >= 0.3 is 0 Å². The molecular weight excluding hydrogens is 292 g/mol. The van der Waals surface area contributed by atoms with E-state index in [4.69, 9.17) is 0 Å². The number of nitrogens with one attached hydrogen (secondary N) is 1. The topological polar surface area (TPSA) is 49.4 Å². The Kier molecular flexibility index (Phi) is 8.48. The highest BCUT2D eigenvalue weighted by Gasteiger charge is 2.36. The van der Waals surface area contributed by atoms with Gasteiger partial charge in [-0.2, -0.15) is 11.8 Å². The predicted molar refractivity (Wildman–Crippen MR) is 89.1 cm³/mol. The molecule has 6 heteroatoms. The normalized spacial score (nSPS) is 22.9. The van der Waals surface area contributed by atoms with Crippen LogP contribution in [0.25, 0.3) is 0 Å². The molecule has 1 saturated heterocycles. The van der Waals surface area contributed by atoms with Gasteiger partial charge in [-0.05, 0) is 19.4 Å². The van der Waals surface area contributed by atoms with E-state index >= 15 is 0 Å². The third kappa shape index (κ3) is 5.20. The molecule has 0 aliphatic carbocycles. The van der Waals surface area contributed by atoms with Crippen molar-refractivity contribution in [3.8, 4) is 0 Å². The maximum absolute atomic E-state index is 12.3. The zero-order chi connectivity index (χ0) is 15.0. The van der Waals surface area contributed by atoms with Crippen molar-refractivity contribution in [3.05, 3.63) is 0 Å². The molecule has 1 N–H and O–H groups in total. The van der Waals surface area contributed by atoms with Crippen molar-refractivity contribution >= 4 is 21.6 Å². The summed E-state index contributed by atoms with van der Waals surface area (Å²) in [7, 11) is -2.99. The van der Waals surface area contributed by atoms with Crippen LogP contribution in [0.1, 0.15) is 40.0 Å². The van der Waals surface area contributed by atoms with Crippen LogP contribution in [-0.4, -0.2) is 61.6 Å². The van der Waals surface area contributed by atoms with Gasteiger partial charge in [-0.3, -0.25) is 4.90 Å². The molecule has 2 atom stereocenters. The Hall–Kier alpha value is 0.220. The summed E-state index contributed by atoms with van der Waals surface area (Å²) in [4.78, 5) is 2.25. The molecule has 1 rings (SSSR count). The average molecular weight is 323 g/mol. The first kappa shape index (κ1) is 18.3. The second-order valence-corrected chi connectivity index (χ2v) is 8.96. The SMILES string of the molecule is CCCNCC(CCC)N1CCSCC1S(=O)(=O)CC. The number of nitrogens with zero attached hydrogens (tertiary/aromatic N) is 1. The molecule has 0 amide bonds. The summed E-state index contributed by atoms with van der Waals surface area (Å²) in [6.45, 7) is 8.90. The fraction of sp³-hybridized carbons (Fsp3) is 1.00. The third-order valence-corrected chi connectivity index (χ3v) is 7.14. The molecule has 20 heavy (non-hydrogen) atoms. The van der Waals surface area contributed by atoms with Crippen LogP contribution < -0.4 is 5.32 Å². The minimum atomic E-state index is -2.99. The highest BCUT2D eigenvalue weighted by Crippen LogP contribution is 2.25. The maximum atomic E-state index is 12.3. The number of sulfone groups is 1. The van der Waals surface area contributed by atoms with E-state index in [1.165, 1.54) is 0 Å². The quantitative estimate of drug-likeness (QED) is 0.658. The molecule has 0 radical (unpaired) electrons. The summed E-state index contributed by atoms with van der Waals surface area (Å²) < 4.78 is 24.7. The van der Waals surface area contributed by atoms with Crippen LogP contribution in [0.5, 0.6) is 0 Å². The van der Waals surface area contributed by atoms with Crippen LogP contribution in [0.3, 0.4) is 0 Å². The molecule has 1 aliphatic heterocycles. The highest BCUT2D eigenvalue weighted by molar-refractivity contribution is 8.01. The van der Waals surface area contributed by atoms with Gasteiger partial charge in [-0.1, -0.05) is 27.2 Å². The van der Waals surface area contributed by atoms with Gasteiger partial charge in [-0.25, -0.2) is 8.42 Å². The molecule has 0 spiro atoms. The van der Waals surface area contributed by atoms with Crippen molar-refractivity contribution in [2.24, 2.45) is 0 Å². The van der Waals surface area contributed by atoms with Crippen LogP contribution in [0.2, 0.25) is 0 Å². The first-order valence-corrected chi connectivity index (χ1v) is 10.7. The van der Waals surface area contributed by atoms with E-state index in [9.17, 15) is 8.42 Å². The Morgan fingerprint density at radius 2 is 2.05 bits per heavy atom. The Morgan fingerprint density at radius 1 is 1.30 bits per heavy atom. The molecule has 1 aliphatic rings. The summed E-state index contributed by atoms with van der Waals surface area (Å²) >= 11 is 1.77. The summed E-state index contributed by atoms with van der Waals surface area (Å²) in [5.41, 5.74) is 0. The number of hydrogen-bond acceptors (Lipinski definition) is 5. The van der Waals surface area contributed by atoms with Gasteiger partial charge in [0.05, 0.1) is 0 Å². The van der Waals surface area contributed by atoms with Crippen molar-refractivity contribution in [2.45, 2.75) is 51.4 Å². The van der Waals surface area contributed by atoms with Gasteiger partial charge in [0.25, 0.3) is 0 Å². The zero-order valence-electron chi connectivity index (χ0n) is 13.1. The zero-order valence-corrected chi connectivity index (χ0v) is 14.7. The third-order valence-electron chi connectivity index (χ3n) is 3.84. The summed E-state index contributed by atoms with van der Waals surface area (Å²) in [5.74, 6) is 2.02. The number of rotatable bonds is 9. The number of hydrogen-bond donors (Lipinski definition) is 1. The summed E-state index contributed by atoms with van der Waals surface area (Å²) in [5, 5.41) is 3.18. The monoisotopic (exact) mass is 322 g/mol. The molecule has 2 unspecified atom stereocenters. The maximum Gasteiger partial charge on any atom is 0.166 e. The van der Waals surface area contributed by atoms with Gasteiger partial charge in [0, 0.05) is 36.4 Å². The molecule has 1 fully saturated rings. The average Bonchev–Trinajstić information content (AvgIpc) is 2.46. The van der Waals surface area contributed by atoms with Crippen LogP contribution in [-0.2, 0) is 9.84 Å². The lowest BCUT2D eigenvalue weighted by Gasteiger charge is -2.40. The first-order valence-electron chi connectivity index (χ1n) is 7.82. The fourth-order valence-electron chi connectivity index (χ4n) is 2.68. The van der Waals surface area contributed by atoms with Crippen molar-refractivity contribution in [1.29, 1.82) is 0 Å². The van der Waals surface area contributed by atoms with Gasteiger partial charge in [-0.15, -0.1) is 0 Å². The number of thioether (sulfide) groups is 1. The Labute approximate surface area is 129 Å². The molecule has 0 saturated carbocycles. The Bertz CT molecular complexity index is 360. The fourth-order valence-corrected chi connectivity index (χ4v) is 5.77. The first-order chi connectivity index (χ1) is 9.56. The minimum absolute atomic E-state index is 0.246. The summed E-state index contributed by atoms with van der Waals surface area (Å²) in [6, 6.07) is 0.346. The van der Waals surface area contributed by atoms with Crippen LogP contribution in [0, 0.1) is 0 Å². The minimum Gasteiger partial charge on any atom is -0.315 e. The molecule has 0 aromatic heterocycles. The Balaban J connectivity index is 2.78. The molecular formula is C14H30N2O2S2. The second kappa shape index (κ2) is 9.28. The van der Waals surface area contributed by atoms with Crippen molar-refractivity contribution in [2.75, 3.05) is 36.9 Å². The lowest BCUT2D eigenvalue weighted by molar-refractivity contribution is 0.177. The van der Waals surface area contributed by atoms with Crippen molar-refractivity contribution in [1.82, 2.24) is 10.2 Å². The van der Waals surface area contributed by atoms with Gasteiger partial charge < -0.3 is 5.32 Å². The van der Waals surface area contributed by atoms with E-state index in [2.05, 4.69) is 24.1 Å². The lowest BCUT2D eigenvalue weighted by Crippen LogP contribution is -2.55. The molecule has 4 nitrogen and oxygen atoms in total. The van der Waals surface area contributed by atoms with Crippen LogP contribution in [0.15, 0.2) is 0 Å². The smallest absolute Gasteiger partial charge is 0.166 e. The predicted octanol–water partition coefficient (Wildman–Crippen LogP) is 1.96. The molecule has 0 aromatic rings. The van der Waals surface area contributed by atoms with E-state index < -0.39 is 9.84 Å². The van der Waals surface area contributed by atoms with Gasteiger partial charge in [0.1, 0.15) is 5.37 Å². The van der Waals surface area contributed by atoms with E-state index in [1.54, 1.807) is 18.7 Å². The Morgan fingerprint density at radius 3 is 2.65 bits per heavy atom. The van der Waals surface area contributed by atoms with Gasteiger partial charge in [0.2, 0.25) is 0 Å². The second-order valence-electron chi connectivity index (χ2n) is 5.37. The van der Waals surface area contributed by atoms with E-state index in [0.717, 1.165) is 50.4 Å². The lowest BCUT2D eigenvalue weighted by atomic mass is 10.1. The van der Waals surface area contributed by atoms with E-state index in [0.29, 0.717) is 6.04 Å². The van der Waals surface area contributed by atoms with Crippen molar-refractivity contribution in [3.63, 3.8) is 0 Å². The van der Waals surface area contributed by atoms with E-state index in [-0.39, 0.29) is 11.1 Å². The summed E-state index contributed by atoms with van der Waals surface area (Å²) in [6.07, 6.45) is 3.28. The van der Waals surface area contributed by atoms with E-state index in [1.807, 2.05) is 0 Å². The molecule has 0 bridgehead atoms. The molecule has 0 aromatic carbocycles. The highest BCUT2D eigenvalue weighted by atomic mass is 32.2. The van der Waals surface area contributed by atoms with Crippen LogP contribution >= 0.6 is 11.8 Å². The molecule has 120 valence electrons. The van der Waals surface area contributed by atoms with Gasteiger partial charge in [0.15, 0.2) is 9.84 Å². The van der Waals surface area contributed by atoms with Crippen molar-refractivity contribution < 1.29 is 8.42 Å². The standard InChI is InChI=1S/C14H30N2O2S2/c1-4-7-13(11-15-8-5-2)16-9-10-19-12-14(16)20(17,18)6-3/h13-15H,4-12H2,1-3H3. The molecule has 1 heterocycles.